The molecule has 3 heterocycles. The van der Waals surface area contributed by atoms with Gasteiger partial charge in [-0.2, -0.15) is 0 Å². The Bertz CT molecular complexity index is 1230. The first kappa shape index (κ1) is 22.0. The first-order valence-corrected chi connectivity index (χ1v) is 12.3. The summed E-state index contributed by atoms with van der Waals surface area (Å²) in [4.78, 5) is 45.6. The van der Waals surface area contributed by atoms with E-state index in [1.165, 1.54) is 55.9 Å². The van der Waals surface area contributed by atoms with Crippen molar-refractivity contribution >= 4 is 23.7 Å². The smallest absolute Gasteiger partial charge is 0.322 e. The fraction of sp³-hybridized carbons (Fsp3) is 0.462. The van der Waals surface area contributed by atoms with E-state index in [0.29, 0.717) is 38.0 Å². The highest BCUT2D eigenvalue weighted by Gasteiger charge is 2.45. The molecule has 9 heteroatoms. The molecule has 0 bridgehead atoms. The van der Waals surface area contributed by atoms with Crippen molar-refractivity contribution in [2.24, 2.45) is 0 Å². The Morgan fingerprint density at radius 1 is 1.06 bits per heavy atom. The number of rotatable bonds is 5. The number of nitrogens with one attached hydrogen (secondary N) is 2. The number of amides is 4. The van der Waals surface area contributed by atoms with Gasteiger partial charge in [0.25, 0.3) is 11.8 Å². The van der Waals surface area contributed by atoms with Crippen LogP contribution in [0.4, 0.5) is 15.0 Å². The van der Waals surface area contributed by atoms with Crippen molar-refractivity contribution in [3.05, 3.63) is 58.5 Å². The summed E-state index contributed by atoms with van der Waals surface area (Å²) < 4.78 is 15.0. The lowest BCUT2D eigenvalue weighted by atomic mass is 9.91. The van der Waals surface area contributed by atoms with Crippen LogP contribution in [0.1, 0.15) is 71.5 Å². The minimum absolute atomic E-state index is 0.0237. The quantitative estimate of drug-likeness (QED) is 0.646. The van der Waals surface area contributed by atoms with Crippen LogP contribution in [0.5, 0.6) is 0 Å². The van der Waals surface area contributed by atoms with Gasteiger partial charge in [-0.1, -0.05) is 12.1 Å². The van der Waals surface area contributed by atoms with E-state index in [2.05, 4.69) is 21.6 Å². The van der Waals surface area contributed by atoms with Gasteiger partial charge in [0.2, 0.25) is 0 Å². The van der Waals surface area contributed by atoms with E-state index in [1.807, 2.05) is 6.20 Å². The maximum absolute atomic E-state index is 15.0. The highest BCUT2D eigenvalue weighted by molar-refractivity contribution is 6.07. The van der Waals surface area contributed by atoms with Gasteiger partial charge in [0, 0.05) is 43.5 Å². The summed E-state index contributed by atoms with van der Waals surface area (Å²) in [5, 5.41) is 4.58. The Kier molecular flexibility index (Phi) is 5.05. The van der Waals surface area contributed by atoms with Crippen LogP contribution in [0.15, 0.2) is 30.5 Å². The van der Waals surface area contributed by atoms with Crippen molar-refractivity contribution in [1.29, 1.82) is 0 Å². The largest absolute Gasteiger partial charge is 0.353 e. The zero-order valence-corrected chi connectivity index (χ0v) is 19.6. The Labute approximate surface area is 202 Å². The van der Waals surface area contributed by atoms with Gasteiger partial charge in [-0.15, -0.1) is 0 Å². The second kappa shape index (κ2) is 8.03. The maximum Gasteiger partial charge on any atom is 0.322 e. The molecule has 2 aliphatic heterocycles. The predicted octanol–water partition coefficient (Wildman–Crippen LogP) is 2.99. The number of halogens is 1. The van der Waals surface area contributed by atoms with Gasteiger partial charge >= 0.3 is 6.03 Å². The molecule has 2 aliphatic carbocycles. The summed E-state index contributed by atoms with van der Waals surface area (Å²) in [6.45, 7) is 3.83. The van der Waals surface area contributed by atoms with E-state index < -0.39 is 23.3 Å². The average molecular weight is 478 g/mol. The third-order valence-electron chi connectivity index (χ3n) is 7.65. The van der Waals surface area contributed by atoms with Crippen LogP contribution in [0.3, 0.4) is 0 Å². The van der Waals surface area contributed by atoms with Gasteiger partial charge in [-0.05, 0) is 67.7 Å². The lowest BCUT2D eigenvalue weighted by Gasteiger charge is -2.36. The Balaban J connectivity index is 1.15. The van der Waals surface area contributed by atoms with Crippen molar-refractivity contribution in [1.82, 2.24) is 20.5 Å². The SMILES string of the molecule is CC1(c2ccc(C(=O)N3CCN(c4ncc(C5CC5)cc4C4CC4)CC3)cc2F)NC(=O)NC1=O. The predicted molar refractivity (Wildman–Crippen MR) is 127 cm³/mol. The molecule has 8 nitrogen and oxygen atoms in total. The molecule has 1 atom stereocenters. The van der Waals surface area contributed by atoms with Gasteiger partial charge in [-0.25, -0.2) is 14.2 Å². The van der Waals surface area contributed by atoms with E-state index in [4.69, 9.17) is 4.98 Å². The molecule has 2 N–H and O–H groups in total. The number of nitrogens with zero attached hydrogens (tertiary/aromatic N) is 3. The number of urea groups is 1. The topological polar surface area (TPSA) is 94.6 Å². The van der Waals surface area contributed by atoms with Crippen molar-refractivity contribution in [2.75, 3.05) is 31.1 Å². The number of hydrogen-bond donors (Lipinski definition) is 2. The molecule has 2 saturated heterocycles. The summed E-state index contributed by atoms with van der Waals surface area (Å²) in [5.74, 6) is 0.747. The van der Waals surface area contributed by atoms with Gasteiger partial charge < -0.3 is 15.1 Å². The highest BCUT2D eigenvalue weighted by atomic mass is 19.1. The third kappa shape index (κ3) is 3.92. The number of hydrogen-bond acceptors (Lipinski definition) is 5. The third-order valence-corrected chi connectivity index (χ3v) is 7.65. The number of carbonyl (C=O) groups excluding carboxylic acids is 3. The molecular weight excluding hydrogens is 449 g/mol. The van der Waals surface area contributed by atoms with E-state index in [1.54, 1.807) is 4.90 Å². The molecule has 2 aromatic rings. The second-order valence-electron chi connectivity index (χ2n) is 10.2. The number of anilines is 1. The van der Waals surface area contributed by atoms with Crippen LogP contribution in [0.25, 0.3) is 0 Å². The van der Waals surface area contributed by atoms with Crippen LogP contribution in [0.2, 0.25) is 0 Å². The number of piperazine rings is 1. The fourth-order valence-electron chi connectivity index (χ4n) is 5.18. The van der Waals surface area contributed by atoms with E-state index >= 15 is 0 Å². The summed E-state index contributed by atoms with van der Waals surface area (Å²) in [6, 6.07) is 5.75. The average Bonchev–Trinajstić information content (AvgIpc) is 3.76. The molecule has 1 aromatic heterocycles. The molecule has 2 saturated carbocycles. The molecule has 1 unspecified atom stereocenters. The molecule has 0 spiro atoms. The number of imide groups is 1. The summed E-state index contributed by atoms with van der Waals surface area (Å²) >= 11 is 0. The minimum atomic E-state index is -1.50. The van der Waals surface area contributed by atoms with E-state index in [9.17, 15) is 18.8 Å². The lowest BCUT2D eigenvalue weighted by molar-refractivity contribution is -0.123. The van der Waals surface area contributed by atoms with Gasteiger partial charge in [-0.3, -0.25) is 14.9 Å². The first-order chi connectivity index (χ1) is 16.8. The summed E-state index contributed by atoms with van der Waals surface area (Å²) in [6.07, 6.45) is 6.97. The summed E-state index contributed by atoms with van der Waals surface area (Å²) in [7, 11) is 0. The highest BCUT2D eigenvalue weighted by Crippen LogP contribution is 2.47. The second-order valence-corrected chi connectivity index (χ2v) is 10.2. The summed E-state index contributed by atoms with van der Waals surface area (Å²) in [5.41, 5.74) is 1.45. The number of aromatic nitrogens is 1. The van der Waals surface area contributed by atoms with Crippen molar-refractivity contribution in [2.45, 2.75) is 50.0 Å². The molecule has 4 amide bonds. The molecule has 4 aliphatic rings. The minimum Gasteiger partial charge on any atom is -0.353 e. The number of pyridine rings is 1. The van der Waals surface area contributed by atoms with Crippen LogP contribution in [0, 0.1) is 5.82 Å². The molecule has 0 radical (unpaired) electrons. The van der Waals surface area contributed by atoms with Gasteiger partial charge in [0.05, 0.1) is 0 Å². The van der Waals surface area contributed by atoms with E-state index in [0.717, 1.165) is 11.9 Å². The molecule has 6 rings (SSSR count). The van der Waals surface area contributed by atoms with Gasteiger partial charge in [0.1, 0.15) is 17.2 Å². The Morgan fingerprint density at radius 3 is 2.37 bits per heavy atom. The first-order valence-electron chi connectivity index (χ1n) is 12.3. The molecule has 1 aromatic carbocycles. The standard InChI is InChI=1S/C26H28FN5O3/c1-26(24(34)29-25(35)30-26)20-7-6-17(13-21(20)27)23(33)32-10-8-31(9-11-32)22-19(16-4-5-16)12-18(14-28-22)15-2-3-15/h6-7,12-16H,2-5,8-11H2,1H3,(H2,29,30,34,35). The van der Waals surface area contributed by atoms with Crippen LogP contribution >= 0.6 is 0 Å². The van der Waals surface area contributed by atoms with Crippen molar-refractivity contribution in [3.63, 3.8) is 0 Å². The monoisotopic (exact) mass is 477 g/mol. The Morgan fingerprint density at radius 2 is 1.77 bits per heavy atom. The molecular formula is C26H28FN5O3. The zero-order valence-electron chi connectivity index (χ0n) is 19.6. The number of benzene rings is 1. The van der Waals surface area contributed by atoms with Crippen LogP contribution in [-0.4, -0.2) is 53.9 Å². The molecule has 35 heavy (non-hydrogen) atoms. The molecule has 4 fully saturated rings. The van der Waals surface area contributed by atoms with Crippen LogP contribution < -0.4 is 15.5 Å². The maximum atomic E-state index is 15.0. The Hall–Kier alpha value is -3.49. The zero-order chi connectivity index (χ0) is 24.3. The van der Waals surface area contributed by atoms with Crippen molar-refractivity contribution < 1.29 is 18.8 Å². The van der Waals surface area contributed by atoms with E-state index in [-0.39, 0.29) is 17.0 Å². The van der Waals surface area contributed by atoms with Crippen molar-refractivity contribution in [3.8, 4) is 0 Å². The van der Waals surface area contributed by atoms with Gasteiger partial charge in [0.15, 0.2) is 0 Å². The normalized spacial score (nSPS) is 24.4. The molecule has 182 valence electrons. The number of carbonyl (C=O) groups is 3. The lowest BCUT2D eigenvalue weighted by Crippen LogP contribution is -2.49. The fourth-order valence-corrected chi connectivity index (χ4v) is 5.18. The van der Waals surface area contributed by atoms with Crippen LogP contribution in [-0.2, 0) is 10.3 Å².